The summed E-state index contributed by atoms with van der Waals surface area (Å²) in [4.78, 5) is 13.0. The van der Waals surface area contributed by atoms with E-state index in [1.807, 2.05) is 12.3 Å². The molecule has 0 heterocycles. The van der Waals surface area contributed by atoms with E-state index in [2.05, 4.69) is 10.0 Å². The van der Waals surface area contributed by atoms with E-state index >= 15 is 0 Å². The summed E-state index contributed by atoms with van der Waals surface area (Å²) in [5.41, 5.74) is 1.45. The van der Waals surface area contributed by atoms with Gasteiger partial charge in [0.05, 0.1) is 10.6 Å². The standard InChI is InChI=1S/C20H24Cl2N2O3S3/c1-13(2)20(25)24-18-11-16(6-7-19(18)28-3)30(26,27)23-8-9-29-12-14-4-5-15(21)10-17(14)22/h4-7,10-11,13,23H,8-9,12H2,1-3H3,(H,24,25). The van der Waals surface area contributed by atoms with Gasteiger partial charge in [0.15, 0.2) is 0 Å². The summed E-state index contributed by atoms with van der Waals surface area (Å²) in [6, 6.07) is 10.1. The van der Waals surface area contributed by atoms with E-state index < -0.39 is 10.0 Å². The van der Waals surface area contributed by atoms with Gasteiger partial charge in [-0.15, -0.1) is 11.8 Å². The molecular formula is C20H24Cl2N2O3S3. The van der Waals surface area contributed by atoms with Crippen LogP contribution in [0.1, 0.15) is 19.4 Å². The van der Waals surface area contributed by atoms with Gasteiger partial charge in [-0.2, -0.15) is 11.8 Å². The maximum Gasteiger partial charge on any atom is 0.240 e. The number of anilines is 1. The van der Waals surface area contributed by atoms with Gasteiger partial charge >= 0.3 is 0 Å². The van der Waals surface area contributed by atoms with Crippen LogP contribution in [0, 0.1) is 5.92 Å². The maximum absolute atomic E-state index is 12.7. The third kappa shape index (κ3) is 7.35. The highest BCUT2D eigenvalue weighted by atomic mass is 35.5. The van der Waals surface area contributed by atoms with Crippen molar-refractivity contribution in [3.63, 3.8) is 0 Å². The van der Waals surface area contributed by atoms with Crippen LogP contribution in [-0.4, -0.2) is 32.9 Å². The molecule has 0 aliphatic carbocycles. The van der Waals surface area contributed by atoms with Crippen LogP contribution in [0.15, 0.2) is 46.2 Å². The van der Waals surface area contributed by atoms with E-state index in [1.165, 1.54) is 17.8 Å². The Morgan fingerprint density at radius 1 is 1.13 bits per heavy atom. The normalized spacial score (nSPS) is 11.7. The van der Waals surface area contributed by atoms with Crippen molar-refractivity contribution >= 4 is 68.3 Å². The highest BCUT2D eigenvalue weighted by molar-refractivity contribution is 7.99. The van der Waals surface area contributed by atoms with Gasteiger partial charge in [0.1, 0.15) is 0 Å². The lowest BCUT2D eigenvalue weighted by atomic mass is 10.2. The average molecular weight is 508 g/mol. The van der Waals surface area contributed by atoms with Crippen molar-refractivity contribution < 1.29 is 13.2 Å². The number of thioether (sulfide) groups is 2. The minimum absolute atomic E-state index is 0.116. The zero-order chi connectivity index (χ0) is 22.3. The van der Waals surface area contributed by atoms with Crippen LogP contribution in [0.5, 0.6) is 0 Å². The van der Waals surface area contributed by atoms with E-state index in [0.29, 0.717) is 27.2 Å². The Morgan fingerprint density at radius 3 is 2.50 bits per heavy atom. The summed E-state index contributed by atoms with van der Waals surface area (Å²) < 4.78 is 27.9. The molecule has 2 aromatic rings. The SMILES string of the molecule is CSc1ccc(S(=O)(=O)NCCSCc2ccc(Cl)cc2Cl)cc1NC(=O)C(C)C. The first kappa shape index (κ1) is 25.4. The number of hydrogen-bond acceptors (Lipinski definition) is 5. The van der Waals surface area contributed by atoms with Crippen LogP contribution in [0.2, 0.25) is 10.0 Å². The molecular weight excluding hydrogens is 483 g/mol. The molecule has 0 saturated heterocycles. The molecule has 0 unspecified atom stereocenters. The van der Waals surface area contributed by atoms with Crippen LogP contribution in [0.4, 0.5) is 5.69 Å². The van der Waals surface area contributed by atoms with Crippen molar-refractivity contribution in [1.29, 1.82) is 0 Å². The number of hydrogen-bond donors (Lipinski definition) is 2. The maximum atomic E-state index is 12.7. The van der Waals surface area contributed by atoms with Gasteiger partial charge in [-0.1, -0.05) is 43.1 Å². The van der Waals surface area contributed by atoms with Gasteiger partial charge in [0, 0.05) is 38.9 Å². The molecule has 0 atom stereocenters. The van der Waals surface area contributed by atoms with Crippen molar-refractivity contribution in [3.8, 4) is 0 Å². The Balaban J connectivity index is 1.96. The van der Waals surface area contributed by atoms with Crippen molar-refractivity contribution in [2.24, 2.45) is 5.92 Å². The van der Waals surface area contributed by atoms with Crippen molar-refractivity contribution in [2.45, 2.75) is 29.4 Å². The molecule has 0 aliphatic rings. The largest absolute Gasteiger partial charge is 0.325 e. The number of amides is 1. The molecule has 30 heavy (non-hydrogen) atoms. The summed E-state index contributed by atoms with van der Waals surface area (Å²) in [6.07, 6.45) is 1.87. The van der Waals surface area contributed by atoms with Gasteiger partial charge in [-0.3, -0.25) is 4.79 Å². The fourth-order valence-electron chi connectivity index (χ4n) is 2.38. The Morgan fingerprint density at radius 2 is 1.87 bits per heavy atom. The molecule has 0 aliphatic heterocycles. The second-order valence-electron chi connectivity index (χ2n) is 6.69. The van der Waals surface area contributed by atoms with Crippen LogP contribution >= 0.6 is 46.7 Å². The lowest BCUT2D eigenvalue weighted by Crippen LogP contribution is -2.26. The summed E-state index contributed by atoms with van der Waals surface area (Å²) >= 11 is 15.0. The Bertz CT molecular complexity index is 999. The molecule has 0 radical (unpaired) electrons. The Hall–Kier alpha value is -0.900. The van der Waals surface area contributed by atoms with Gasteiger partial charge in [-0.25, -0.2) is 13.1 Å². The third-order valence-electron chi connectivity index (χ3n) is 4.07. The molecule has 5 nitrogen and oxygen atoms in total. The number of sulfonamides is 1. The predicted molar refractivity (Wildman–Crippen MR) is 130 cm³/mol. The summed E-state index contributed by atoms with van der Waals surface area (Å²) in [5.74, 6) is 0.873. The predicted octanol–water partition coefficient (Wildman–Crippen LogP) is 5.52. The summed E-state index contributed by atoms with van der Waals surface area (Å²) in [7, 11) is -3.69. The van der Waals surface area contributed by atoms with Gasteiger partial charge in [-0.05, 0) is 42.2 Å². The highest BCUT2D eigenvalue weighted by Gasteiger charge is 2.17. The lowest BCUT2D eigenvalue weighted by Gasteiger charge is -2.14. The van der Waals surface area contributed by atoms with Crippen molar-refractivity contribution in [1.82, 2.24) is 4.72 Å². The van der Waals surface area contributed by atoms with E-state index in [1.54, 1.807) is 49.9 Å². The van der Waals surface area contributed by atoms with E-state index in [9.17, 15) is 13.2 Å². The number of nitrogens with one attached hydrogen (secondary N) is 2. The monoisotopic (exact) mass is 506 g/mol. The van der Waals surface area contributed by atoms with Gasteiger partial charge in [0.25, 0.3) is 0 Å². The molecule has 0 aromatic heterocycles. The van der Waals surface area contributed by atoms with Gasteiger partial charge < -0.3 is 5.32 Å². The number of carbonyl (C=O) groups is 1. The molecule has 10 heteroatoms. The van der Waals surface area contributed by atoms with Crippen LogP contribution < -0.4 is 10.0 Å². The van der Waals surface area contributed by atoms with E-state index in [0.717, 1.165) is 10.5 Å². The molecule has 0 bridgehead atoms. The first-order valence-electron chi connectivity index (χ1n) is 9.14. The van der Waals surface area contributed by atoms with Crippen LogP contribution in [0.25, 0.3) is 0 Å². The topological polar surface area (TPSA) is 75.3 Å². The minimum atomic E-state index is -3.69. The molecule has 0 saturated carbocycles. The molecule has 2 N–H and O–H groups in total. The summed E-state index contributed by atoms with van der Waals surface area (Å²) in [5, 5.41) is 3.98. The molecule has 1 amide bonds. The number of halogens is 2. The molecule has 2 rings (SSSR count). The van der Waals surface area contributed by atoms with Crippen LogP contribution in [-0.2, 0) is 20.6 Å². The smallest absolute Gasteiger partial charge is 0.240 e. The molecule has 2 aromatic carbocycles. The zero-order valence-electron chi connectivity index (χ0n) is 16.9. The highest BCUT2D eigenvalue weighted by Crippen LogP contribution is 2.29. The molecule has 0 spiro atoms. The van der Waals surface area contributed by atoms with E-state index in [4.69, 9.17) is 23.2 Å². The van der Waals surface area contributed by atoms with Crippen molar-refractivity contribution in [2.75, 3.05) is 23.9 Å². The second-order valence-corrected chi connectivity index (χ2v) is 11.3. The summed E-state index contributed by atoms with van der Waals surface area (Å²) in [6.45, 7) is 3.84. The van der Waals surface area contributed by atoms with E-state index in [-0.39, 0.29) is 23.3 Å². The third-order valence-corrected chi connectivity index (χ3v) is 7.92. The second kappa shape index (κ2) is 11.6. The molecule has 164 valence electrons. The Labute approximate surface area is 196 Å². The average Bonchev–Trinajstić information content (AvgIpc) is 2.69. The van der Waals surface area contributed by atoms with Crippen molar-refractivity contribution in [3.05, 3.63) is 52.0 Å². The minimum Gasteiger partial charge on any atom is -0.325 e. The fourth-order valence-corrected chi connectivity index (χ4v) is 5.52. The lowest BCUT2D eigenvalue weighted by molar-refractivity contribution is -0.118. The quantitative estimate of drug-likeness (QED) is 0.327. The fraction of sp³-hybridized carbons (Fsp3) is 0.350. The van der Waals surface area contributed by atoms with Crippen LogP contribution in [0.3, 0.4) is 0 Å². The Kier molecular flexibility index (Phi) is 9.84. The van der Waals surface area contributed by atoms with Gasteiger partial charge in [0.2, 0.25) is 15.9 Å². The number of benzene rings is 2. The number of carbonyl (C=O) groups excluding carboxylic acids is 1. The zero-order valence-corrected chi connectivity index (χ0v) is 20.8. The molecule has 0 fully saturated rings. The first-order chi connectivity index (χ1) is 14.1. The number of rotatable bonds is 10. The first-order valence-corrected chi connectivity index (χ1v) is 13.8.